The monoisotopic (exact) mass is 490 g/mol. The zero-order valence-electron chi connectivity index (χ0n) is 19.9. The average molecular weight is 490 g/mol. The van der Waals surface area contributed by atoms with Crippen molar-refractivity contribution in [2.24, 2.45) is 0 Å². The molecule has 35 heavy (non-hydrogen) atoms. The van der Waals surface area contributed by atoms with Crippen molar-refractivity contribution in [3.8, 4) is 11.4 Å². The minimum Gasteiger partial charge on any atom is -0.465 e. The van der Waals surface area contributed by atoms with Crippen LogP contribution < -0.4 is 0 Å². The van der Waals surface area contributed by atoms with Crippen molar-refractivity contribution in [2.45, 2.75) is 39.5 Å². The molecule has 0 aliphatic heterocycles. The van der Waals surface area contributed by atoms with Gasteiger partial charge < -0.3 is 18.9 Å². The summed E-state index contributed by atoms with van der Waals surface area (Å²) in [7, 11) is 0. The van der Waals surface area contributed by atoms with Crippen LogP contribution in [0.4, 0.5) is 4.39 Å². The van der Waals surface area contributed by atoms with Gasteiger partial charge >= 0.3 is 23.9 Å². The smallest absolute Gasteiger partial charge is 0.324 e. The van der Waals surface area contributed by atoms with Gasteiger partial charge in [0.2, 0.25) is 0 Å². The van der Waals surface area contributed by atoms with Crippen molar-refractivity contribution in [2.75, 3.05) is 26.4 Å². The summed E-state index contributed by atoms with van der Waals surface area (Å²) in [5.41, 5.74) is -0.562. The van der Waals surface area contributed by atoms with E-state index in [4.69, 9.17) is 18.9 Å². The number of hydrogen-bond donors (Lipinski definition) is 0. The molecule has 0 bridgehead atoms. The van der Waals surface area contributed by atoms with Gasteiger partial charge in [-0.15, -0.1) is 0 Å². The molecule has 11 heteroatoms. The van der Waals surface area contributed by atoms with Crippen LogP contribution in [0, 0.1) is 5.82 Å². The Bertz CT molecular complexity index is 964. The number of benzene rings is 1. The molecule has 0 spiro atoms. The quantitative estimate of drug-likeness (QED) is 0.263. The Morgan fingerprint density at radius 1 is 0.714 bits per heavy atom. The molecule has 1 aromatic carbocycles. The largest absolute Gasteiger partial charge is 0.465 e. The number of aromatic nitrogens is 2. The fourth-order valence-electron chi connectivity index (χ4n) is 3.39. The first-order valence-corrected chi connectivity index (χ1v) is 11.1. The number of carbonyl (C=O) groups excluding carboxylic acids is 4. The van der Waals surface area contributed by atoms with Crippen LogP contribution in [0.3, 0.4) is 0 Å². The summed E-state index contributed by atoms with van der Waals surface area (Å²) in [6.45, 7) is 5.88. The lowest BCUT2D eigenvalue weighted by Gasteiger charge is -2.23. The SMILES string of the molecule is CCOC(=O)C(C(=O)OCC)c1cc(F)cc(C(C(=O)OCC)C(=O)OCC)c1-c1ncccn1. The van der Waals surface area contributed by atoms with Crippen LogP contribution in [0.25, 0.3) is 11.4 Å². The van der Waals surface area contributed by atoms with Crippen LogP contribution in [0.15, 0.2) is 30.6 Å². The van der Waals surface area contributed by atoms with E-state index in [1.807, 2.05) is 0 Å². The number of esters is 4. The topological polar surface area (TPSA) is 131 Å². The van der Waals surface area contributed by atoms with E-state index in [2.05, 4.69) is 9.97 Å². The molecule has 0 aliphatic rings. The Kier molecular flexibility index (Phi) is 10.2. The van der Waals surface area contributed by atoms with Gasteiger partial charge in [0.05, 0.1) is 26.4 Å². The van der Waals surface area contributed by atoms with Crippen LogP contribution in [0.1, 0.15) is 50.7 Å². The molecule has 10 nitrogen and oxygen atoms in total. The average Bonchev–Trinajstić information content (AvgIpc) is 2.80. The van der Waals surface area contributed by atoms with E-state index in [-0.39, 0.29) is 48.9 Å². The van der Waals surface area contributed by atoms with Crippen LogP contribution in [-0.2, 0) is 38.1 Å². The van der Waals surface area contributed by atoms with E-state index in [9.17, 15) is 23.6 Å². The number of ether oxygens (including phenoxy) is 4. The Balaban J connectivity index is 2.94. The molecule has 0 N–H and O–H groups in total. The molecule has 0 radical (unpaired) electrons. The first kappa shape index (κ1) is 27.4. The maximum absolute atomic E-state index is 15.0. The lowest BCUT2D eigenvalue weighted by Crippen LogP contribution is -2.30. The molecule has 1 heterocycles. The molecule has 0 atom stereocenters. The molecular formula is C24H27FN2O8. The van der Waals surface area contributed by atoms with Gasteiger partial charge in [-0.2, -0.15) is 0 Å². The molecule has 0 fully saturated rings. The van der Waals surface area contributed by atoms with Gasteiger partial charge in [-0.25, -0.2) is 14.4 Å². The van der Waals surface area contributed by atoms with E-state index < -0.39 is 41.5 Å². The minimum atomic E-state index is -1.74. The molecule has 0 saturated heterocycles. The van der Waals surface area contributed by atoms with Crippen molar-refractivity contribution in [3.05, 3.63) is 47.5 Å². The first-order chi connectivity index (χ1) is 16.8. The highest BCUT2D eigenvalue weighted by molar-refractivity contribution is 6.05. The lowest BCUT2D eigenvalue weighted by atomic mass is 9.85. The summed E-state index contributed by atoms with van der Waals surface area (Å²) in [6.07, 6.45) is 2.74. The maximum Gasteiger partial charge on any atom is 0.324 e. The van der Waals surface area contributed by atoms with Crippen LogP contribution >= 0.6 is 0 Å². The summed E-state index contributed by atoms with van der Waals surface area (Å²) >= 11 is 0. The number of nitrogens with zero attached hydrogens (tertiary/aromatic N) is 2. The van der Waals surface area contributed by atoms with Gasteiger partial charge in [0.25, 0.3) is 0 Å². The molecule has 0 saturated carbocycles. The Labute approximate surface area is 201 Å². The van der Waals surface area contributed by atoms with Gasteiger partial charge in [-0.05, 0) is 57.0 Å². The second-order valence-corrected chi connectivity index (χ2v) is 6.91. The second-order valence-electron chi connectivity index (χ2n) is 6.91. The summed E-state index contributed by atoms with van der Waals surface area (Å²) in [6, 6.07) is 3.34. The number of hydrogen-bond acceptors (Lipinski definition) is 10. The van der Waals surface area contributed by atoms with Crippen molar-refractivity contribution >= 4 is 23.9 Å². The fraction of sp³-hybridized carbons (Fsp3) is 0.417. The molecule has 2 rings (SSSR count). The zero-order valence-corrected chi connectivity index (χ0v) is 19.9. The summed E-state index contributed by atoms with van der Waals surface area (Å²) < 4.78 is 35.2. The van der Waals surface area contributed by atoms with Crippen molar-refractivity contribution in [1.29, 1.82) is 0 Å². The van der Waals surface area contributed by atoms with Gasteiger partial charge in [0.15, 0.2) is 17.7 Å². The highest BCUT2D eigenvalue weighted by Crippen LogP contribution is 2.38. The second kappa shape index (κ2) is 13.1. The third-order valence-electron chi connectivity index (χ3n) is 4.66. The standard InChI is InChI=1S/C24H27FN2O8/c1-5-32-21(28)18(22(29)33-6-2)15-12-14(25)13-16(17(15)20-26-10-9-11-27-20)19(23(30)34-7-3)24(31)35-8-4/h9-13,18-19H,5-8H2,1-4H3. The van der Waals surface area contributed by atoms with Crippen molar-refractivity contribution < 1.29 is 42.5 Å². The third-order valence-corrected chi connectivity index (χ3v) is 4.66. The van der Waals surface area contributed by atoms with Crippen LogP contribution in [-0.4, -0.2) is 60.3 Å². The highest BCUT2D eigenvalue weighted by atomic mass is 19.1. The minimum absolute atomic E-state index is 0.0671. The molecule has 188 valence electrons. The molecule has 0 aliphatic carbocycles. The van der Waals surface area contributed by atoms with Gasteiger partial charge in [0, 0.05) is 18.0 Å². The molecule has 1 aromatic heterocycles. The number of halogens is 1. The Morgan fingerprint density at radius 2 is 1.06 bits per heavy atom. The fourth-order valence-corrected chi connectivity index (χ4v) is 3.39. The molecular weight excluding hydrogens is 463 g/mol. The highest BCUT2D eigenvalue weighted by Gasteiger charge is 2.40. The van der Waals surface area contributed by atoms with Gasteiger partial charge in [-0.1, -0.05) is 0 Å². The summed E-state index contributed by atoms with van der Waals surface area (Å²) in [4.78, 5) is 59.6. The first-order valence-electron chi connectivity index (χ1n) is 11.1. The van der Waals surface area contributed by atoms with Crippen molar-refractivity contribution in [3.63, 3.8) is 0 Å². The maximum atomic E-state index is 15.0. The zero-order chi connectivity index (χ0) is 26.0. The normalized spacial score (nSPS) is 10.7. The summed E-state index contributed by atoms with van der Waals surface area (Å²) in [5.74, 6) is -8.54. The Hall–Kier alpha value is -3.89. The molecule has 2 aromatic rings. The van der Waals surface area contributed by atoms with E-state index in [0.29, 0.717) is 0 Å². The van der Waals surface area contributed by atoms with Crippen LogP contribution in [0.2, 0.25) is 0 Å². The third kappa shape index (κ3) is 6.58. The summed E-state index contributed by atoms with van der Waals surface area (Å²) in [5, 5.41) is 0. The van der Waals surface area contributed by atoms with Gasteiger partial charge in [-0.3, -0.25) is 19.2 Å². The van der Waals surface area contributed by atoms with Crippen LogP contribution in [0.5, 0.6) is 0 Å². The Morgan fingerprint density at radius 3 is 1.37 bits per heavy atom. The lowest BCUT2D eigenvalue weighted by molar-refractivity contribution is -0.158. The van der Waals surface area contributed by atoms with E-state index in [0.717, 1.165) is 12.1 Å². The molecule has 0 amide bonds. The van der Waals surface area contributed by atoms with Crippen molar-refractivity contribution in [1.82, 2.24) is 9.97 Å². The van der Waals surface area contributed by atoms with Gasteiger partial charge in [0.1, 0.15) is 5.82 Å². The van der Waals surface area contributed by atoms with E-state index in [1.165, 1.54) is 46.2 Å². The van der Waals surface area contributed by atoms with E-state index in [1.54, 1.807) is 0 Å². The number of rotatable bonds is 11. The molecule has 0 unspecified atom stereocenters. The van der Waals surface area contributed by atoms with E-state index >= 15 is 0 Å². The number of carbonyl (C=O) groups is 4. The predicted molar refractivity (Wildman–Crippen MR) is 119 cm³/mol. The predicted octanol–water partition coefficient (Wildman–Crippen LogP) is 2.70.